The summed E-state index contributed by atoms with van der Waals surface area (Å²) in [7, 11) is 1.52. The highest BCUT2D eigenvalue weighted by Gasteiger charge is 2.07. The molecule has 70 valence electrons. The van der Waals surface area contributed by atoms with Crippen molar-refractivity contribution in [3.05, 3.63) is 0 Å². The summed E-state index contributed by atoms with van der Waals surface area (Å²) in [5.41, 5.74) is 5.27. The highest BCUT2D eigenvalue weighted by molar-refractivity contribution is 5.82. The van der Waals surface area contributed by atoms with Crippen LogP contribution in [0.1, 0.15) is 6.92 Å². The second-order valence-electron chi connectivity index (χ2n) is 2.39. The van der Waals surface area contributed by atoms with Crippen molar-refractivity contribution in [3.8, 4) is 0 Å². The number of nitrogens with two attached hydrogens (primary N) is 1. The molecule has 0 aliphatic heterocycles. The molecular weight excluding hydrogens is 160 g/mol. The summed E-state index contributed by atoms with van der Waals surface area (Å²) in [4.78, 5) is 10.7. The van der Waals surface area contributed by atoms with Crippen molar-refractivity contribution in [1.82, 2.24) is 10.6 Å². The predicted molar refractivity (Wildman–Crippen MR) is 45.0 cm³/mol. The number of amides is 2. The number of hydrogen-bond acceptors (Lipinski definition) is 3. The summed E-state index contributed by atoms with van der Waals surface area (Å²) >= 11 is 0. The molecule has 0 saturated carbocycles. The Morgan fingerprint density at radius 3 is 2.75 bits per heavy atom. The molecular formula is C6H14N4O2. The quantitative estimate of drug-likeness (QED) is 0.197. The van der Waals surface area contributed by atoms with Crippen molar-refractivity contribution in [2.45, 2.75) is 6.92 Å². The molecule has 0 bridgehead atoms. The van der Waals surface area contributed by atoms with Gasteiger partial charge in [0.1, 0.15) is 5.84 Å². The van der Waals surface area contributed by atoms with Gasteiger partial charge in [-0.2, -0.15) is 0 Å². The zero-order valence-electron chi connectivity index (χ0n) is 7.16. The van der Waals surface area contributed by atoms with Crippen LogP contribution >= 0.6 is 0 Å². The van der Waals surface area contributed by atoms with Crippen LogP contribution < -0.4 is 16.4 Å². The van der Waals surface area contributed by atoms with Crippen molar-refractivity contribution < 1.29 is 10.0 Å². The van der Waals surface area contributed by atoms with Crippen LogP contribution in [0.5, 0.6) is 0 Å². The second-order valence-corrected chi connectivity index (χ2v) is 2.39. The van der Waals surface area contributed by atoms with Gasteiger partial charge in [-0.1, -0.05) is 12.1 Å². The molecule has 0 rings (SSSR count). The number of urea groups is 1. The predicted octanol–water partition coefficient (Wildman–Crippen LogP) is -0.702. The van der Waals surface area contributed by atoms with E-state index in [4.69, 9.17) is 10.9 Å². The van der Waals surface area contributed by atoms with Crippen molar-refractivity contribution in [2.24, 2.45) is 16.8 Å². The topological polar surface area (TPSA) is 99.7 Å². The number of carbonyl (C=O) groups excluding carboxylic acids is 1. The van der Waals surface area contributed by atoms with E-state index in [-0.39, 0.29) is 17.8 Å². The van der Waals surface area contributed by atoms with Crippen LogP contribution in [0.15, 0.2) is 5.16 Å². The van der Waals surface area contributed by atoms with Crippen molar-refractivity contribution in [2.75, 3.05) is 13.6 Å². The maximum Gasteiger partial charge on any atom is 0.314 e. The van der Waals surface area contributed by atoms with Crippen LogP contribution in [0.25, 0.3) is 0 Å². The minimum Gasteiger partial charge on any atom is -0.409 e. The molecule has 12 heavy (non-hydrogen) atoms. The van der Waals surface area contributed by atoms with E-state index < -0.39 is 0 Å². The number of amidine groups is 1. The minimum absolute atomic E-state index is 0.103. The van der Waals surface area contributed by atoms with Crippen molar-refractivity contribution in [3.63, 3.8) is 0 Å². The van der Waals surface area contributed by atoms with Gasteiger partial charge in [-0.05, 0) is 0 Å². The van der Waals surface area contributed by atoms with Gasteiger partial charge in [0.05, 0.1) is 0 Å². The Kier molecular flexibility index (Phi) is 4.59. The molecule has 0 aromatic heterocycles. The smallest absolute Gasteiger partial charge is 0.314 e. The van der Waals surface area contributed by atoms with E-state index in [0.717, 1.165) is 0 Å². The lowest BCUT2D eigenvalue weighted by Crippen LogP contribution is -2.39. The van der Waals surface area contributed by atoms with Crippen molar-refractivity contribution >= 4 is 11.9 Å². The van der Waals surface area contributed by atoms with Gasteiger partial charge in [-0.25, -0.2) is 4.79 Å². The molecule has 0 heterocycles. The SMILES string of the molecule is CNC(=O)NCC(C)C(N)=NO. The van der Waals surface area contributed by atoms with E-state index in [1.54, 1.807) is 6.92 Å². The Bertz CT molecular complexity index is 180. The number of carbonyl (C=O) groups is 1. The van der Waals surface area contributed by atoms with Gasteiger partial charge < -0.3 is 21.6 Å². The average Bonchev–Trinajstić information content (AvgIpc) is 2.11. The fourth-order valence-electron chi connectivity index (χ4n) is 0.537. The van der Waals surface area contributed by atoms with E-state index in [0.29, 0.717) is 6.54 Å². The van der Waals surface area contributed by atoms with Crippen LogP contribution in [0.2, 0.25) is 0 Å². The molecule has 0 aliphatic carbocycles. The summed E-state index contributed by atoms with van der Waals surface area (Å²) in [5.74, 6) is -0.0706. The first-order valence-electron chi connectivity index (χ1n) is 3.54. The second kappa shape index (κ2) is 5.22. The zero-order valence-corrected chi connectivity index (χ0v) is 7.16. The number of hydrogen-bond donors (Lipinski definition) is 4. The molecule has 0 radical (unpaired) electrons. The summed E-state index contributed by atoms with van der Waals surface area (Å²) in [5, 5.41) is 16.0. The van der Waals surface area contributed by atoms with Gasteiger partial charge in [0.15, 0.2) is 0 Å². The summed E-state index contributed by atoms with van der Waals surface area (Å²) < 4.78 is 0. The molecule has 1 atom stereocenters. The lowest BCUT2D eigenvalue weighted by Gasteiger charge is -2.09. The maximum atomic E-state index is 10.7. The highest BCUT2D eigenvalue weighted by atomic mass is 16.4. The van der Waals surface area contributed by atoms with E-state index in [1.165, 1.54) is 7.05 Å². The third-order valence-electron chi connectivity index (χ3n) is 1.42. The molecule has 6 heteroatoms. The first-order valence-corrected chi connectivity index (χ1v) is 3.54. The van der Waals surface area contributed by atoms with E-state index >= 15 is 0 Å². The van der Waals surface area contributed by atoms with E-state index in [2.05, 4.69) is 15.8 Å². The summed E-state index contributed by atoms with van der Waals surface area (Å²) in [6.07, 6.45) is 0. The normalized spacial score (nSPS) is 13.7. The fraction of sp³-hybridized carbons (Fsp3) is 0.667. The standard InChI is InChI=1S/C6H14N4O2/c1-4(5(7)10-12)3-9-6(11)8-2/h4,12H,3H2,1-2H3,(H2,7,10)(H2,8,9,11). The lowest BCUT2D eigenvalue weighted by atomic mass is 10.1. The van der Waals surface area contributed by atoms with Crippen molar-refractivity contribution in [1.29, 1.82) is 0 Å². The third kappa shape index (κ3) is 3.65. The summed E-state index contributed by atoms with van der Waals surface area (Å²) in [6.45, 7) is 2.08. The zero-order chi connectivity index (χ0) is 9.56. The molecule has 0 aromatic rings. The number of rotatable bonds is 3. The largest absolute Gasteiger partial charge is 0.409 e. The van der Waals surface area contributed by atoms with Crippen LogP contribution in [-0.2, 0) is 0 Å². The number of nitrogens with one attached hydrogen (secondary N) is 2. The Morgan fingerprint density at radius 1 is 1.75 bits per heavy atom. The molecule has 0 fully saturated rings. The van der Waals surface area contributed by atoms with Crippen LogP contribution in [-0.4, -0.2) is 30.7 Å². The number of oxime groups is 1. The Hall–Kier alpha value is -1.46. The molecule has 1 unspecified atom stereocenters. The van der Waals surface area contributed by atoms with Crippen LogP contribution in [0, 0.1) is 5.92 Å². The third-order valence-corrected chi connectivity index (χ3v) is 1.42. The fourth-order valence-corrected chi connectivity index (χ4v) is 0.537. The Morgan fingerprint density at radius 2 is 2.33 bits per heavy atom. The van der Waals surface area contributed by atoms with Gasteiger partial charge in [0, 0.05) is 19.5 Å². The van der Waals surface area contributed by atoms with Gasteiger partial charge in [0.2, 0.25) is 0 Å². The first kappa shape index (κ1) is 10.5. The van der Waals surface area contributed by atoms with E-state index in [9.17, 15) is 4.79 Å². The Balaban J connectivity index is 3.71. The van der Waals surface area contributed by atoms with Gasteiger partial charge in [0.25, 0.3) is 0 Å². The molecule has 0 spiro atoms. The monoisotopic (exact) mass is 174 g/mol. The summed E-state index contributed by atoms with van der Waals surface area (Å²) in [6, 6.07) is -0.285. The maximum absolute atomic E-state index is 10.7. The van der Waals surface area contributed by atoms with Crippen LogP contribution in [0.4, 0.5) is 4.79 Å². The minimum atomic E-state index is -0.285. The van der Waals surface area contributed by atoms with Gasteiger partial charge in [-0.3, -0.25) is 0 Å². The molecule has 0 aliphatic rings. The molecule has 5 N–H and O–H groups in total. The first-order chi connectivity index (χ1) is 5.61. The molecule has 0 saturated heterocycles. The number of nitrogens with zero attached hydrogens (tertiary/aromatic N) is 1. The average molecular weight is 174 g/mol. The highest BCUT2D eigenvalue weighted by Crippen LogP contribution is 1.91. The van der Waals surface area contributed by atoms with E-state index in [1.807, 2.05) is 0 Å². The van der Waals surface area contributed by atoms with Crippen LogP contribution in [0.3, 0.4) is 0 Å². The lowest BCUT2D eigenvalue weighted by molar-refractivity contribution is 0.242. The Labute approximate surface area is 70.8 Å². The van der Waals surface area contributed by atoms with Gasteiger partial charge in [-0.15, -0.1) is 0 Å². The molecule has 2 amide bonds. The van der Waals surface area contributed by atoms with Gasteiger partial charge >= 0.3 is 6.03 Å². The molecule has 0 aromatic carbocycles. The molecule has 6 nitrogen and oxygen atoms in total.